The van der Waals surface area contributed by atoms with Gasteiger partial charge in [0.25, 0.3) is 0 Å². The molecule has 2 unspecified atom stereocenters. The fourth-order valence-electron chi connectivity index (χ4n) is 2.95. The molecule has 2 atom stereocenters. The van der Waals surface area contributed by atoms with Gasteiger partial charge in [0.1, 0.15) is 0 Å². The van der Waals surface area contributed by atoms with Crippen molar-refractivity contribution in [3.63, 3.8) is 0 Å². The van der Waals surface area contributed by atoms with E-state index in [1.54, 1.807) is 11.0 Å². The first kappa shape index (κ1) is 19.0. The lowest BCUT2D eigenvalue weighted by Gasteiger charge is -2.34. The summed E-state index contributed by atoms with van der Waals surface area (Å²) in [7, 11) is -3.27. The number of halogens is 1. The largest absolute Gasteiger partial charge is 0.331 e. The highest BCUT2D eigenvalue weighted by Gasteiger charge is 2.26. The number of carbonyl (C=O) groups excluding carboxylic acids is 1. The SMILES string of the molecule is CCC(NC(=O)N1CCCC(NS(C)(=O)=O)C1)c1cccc(Cl)c1. The van der Waals surface area contributed by atoms with E-state index in [1.807, 2.05) is 25.1 Å². The number of hydrogen-bond acceptors (Lipinski definition) is 3. The molecule has 0 spiro atoms. The molecule has 1 aliphatic rings. The van der Waals surface area contributed by atoms with Gasteiger partial charge in [-0.15, -0.1) is 0 Å². The number of benzene rings is 1. The van der Waals surface area contributed by atoms with E-state index in [-0.39, 0.29) is 18.1 Å². The molecule has 2 rings (SSSR count). The second-order valence-corrected chi connectivity index (χ2v) is 8.36. The standard InChI is InChI=1S/C16H24ClN3O3S/c1-3-15(12-6-4-7-13(17)10-12)18-16(21)20-9-5-8-14(11-20)19-24(2,22)23/h4,6-7,10,14-15,19H,3,5,8-9,11H2,1-2H3,(H,18,21). The summed E-state index contributed by atoms with van der Waals surface area (Å²) in [5, 5.41) is 3.65. The number of nitrogens with one attached hydrogen (secondary N) is 2. The molecule has 0 saturated carbocycles. The van der Waals surface area contributed by atoms with Crippen molar-refractivity contribution in [2.75, 3.05) is 19.3 Å². The van der Waals surface area contributed by atoms with Gasteiger partial charge in [-0.3, -0.25) is 0 Å². The predicted molar refractivity (Wildman–Crippen MR) is 95.6 cm³/mol. The van der Waals surface area contributed by atoms with Crippen LogP contribution in [0.3, 0.4) is 0 Å². The molecule has 134 valence electrons. The van der Waals surface area contributed by atoms with E-state index in [9.17, 15) is 13.2 Å². The van der Waals surface area contributed by atoms with E-state index >= 15 is 0 Å². The number of carbonyl (C=O) groups is 1. The van der Waals surface area contributed by atoms with E-state index in [1.165, 1.54) is 0 Å². The topological polar surface area (TPSA) is 78.5 Å². The number of amides is 2. The number of nitrogens with zero attached hydrogens (tertiary/aromatic N) is 1. The minimum absolute atomic E-state index is 0.126. The van der Waals surface area contributed by atoms with Gasteiger partial charge in [0.2, 0.25) is 10.0 Å². The van der Waals surface area contributed by atoms with Gasteiger partial charge in [0.05, 0.1) is 12.3 Å². The monoisotopic (exact) mass is 373 g/mol. The Morgan fingerprint density at radius 1 is 1.46 bits per heavy atom. The summed E-state index contributed by atoms with van der Waals surface area (Å²) in [5.74, 6) is 0. The maximum atomic E-state index is 12.5. The van der Waals surface area contributed by atoms with Crippen LogP contribution in [0.25, 0.3) is 0 Å². The minimum atomic E-state index is -3.27. The summed E-state index contributed by atoms with van der Waals surface area (Å²) < 4.78 is 25.3. The highest BCUT2D eigenvalue weighted by molar-refractivity contribution is 7.88. The molecule has 0 aromatic heterocycles. The molecular formula is C16H24ClN3O3S. The van der Waals surface area contributed by atoms with E-state index in [4.69, 9.17) is 11.6 Å². The van der Waals surface area contributed by atoms with Crippen LogP contribution >= 0.6 is 11.6 Å². The van der Waals surface area contributed by atoms with Crippen LogP contribution < -0.4 is 10.0 Å². The Labute approximate surface area is 148 Å². The maximum Gasteiger partial charge on any atom is 0.317 e. The van der Waals surface area contributed by atoms with Gasteiger partial charge in [-0.1, -0.05) is 30.7 Å². The lowest BCUT2D eigenvalue weighted by molar-refractivity contribution is 0.173. The Morgan fingerprint density at radius 2 is 2.21 bits per heavy atom. The fraction of sp³-hybridized carbons (Fsp3) is 0.562. The summed E-state index contributed by atoms with van der Waals surface area (Å²) >= 11 is 6.02. The lowest BCUT2D eigenvalue weighted by atomic mass is 10.0. The van der Waals surface area contributed by atoms with Crippen LogP contribution in [0, 0.1) is 0 Å². The number of likely N-dealkylation sites (tertiary alicyclic amines) is 1. The van der Waals surface area contributed by atoms with Crippen molar-refractivity contribution in [1.82, 2.24) is 14.9 Å². The third kappa shape index (κ3) is 5.65. The molecule has 1 fully saturated rings. The predicted octanol–water partition coefficient (Wildman–Crippen LogP) is 2.51. The Bertz CT molecular complexity index is 681. The highest BCUT2D eigenvalue weighted by Crippen LogP contribution is 2.21. The first-order valence-electron chi connectivity index (χ1n) is 8.06. The first-order valence-corrected chi connectivity index (χ1v) is 10.3. The van der Waals surface area contributed by atoms with Crippen LogP contribution in [0.5, 0.6) is 0 Å². The molecule has 6 nitrogen and oxygen atoms in total. The zero-order valence-corrected chi connectivity index (χ0v) is 15.5. The van der Waals surface area contributed by atoms with Gasteiger partial charge in [-0.25, -0.2) is 17.9 Å². The highest BCUT2D eigenvalue weighted by atomic mass is 35.5. The molecule has 2 N–H and O–H groups in total. The summed E-state index contributed by atoms with van der Waals surface area (Å²) in [6.45, 7) is 3.00. The number of sulfonamides is 1. The normalized spacial score (nSPS) is 19.8. The first-order chi connectivity index (χ1) is 11.3. The summed E-state index contributed by atoms with van der Waals surface area (Å²) in [6.07, 6.45) is 3.39. The zero-order chi connectivity index (χ0) is 17.7. The fourth-order valence-corrected chi connectivity index (χ4v) is 3.94. The van der Waals surface area contributed by atoms with Crippen LogP contribution in [0.1, 0.15) is 37.8 Å². The van der Waals surface area contributed by atoms with Crippen molar-refractivity contribution in [2.24, 2.45) is 0 Å². The molecule has 1 aromatic rings. The third-order valence-electron chi connectivity index (χ3n) is 4.05. The molecule has 8 heteroatoms. The van der Waals surface area contributed by atoms with Crippen molar-refractivity contribution < 1.29 is 13.2 Å². The molecular weight excluding hydrogens is 350 g/mol. The van der Waals surface area contributed by atoms with E-state index in [0.717, 1.165) is 31.1 Å². The summed E-state index contributed by atoms with van der Waals surface area (Å²) in [6, 6.07) is 6.91. The van der Waals surface area contributed by atoms with Crippen LogP contribution in [0.2, 0.25) is 5.02 Å². The molecule has 0 radical (unpaired) electrons. The number of hydrogen-bond donors (Lipinski definition) is 2. The third-order valence-corrected chi connectivity index (χ3v) is 5.04. The van der Waals surface area contributed by atoms with Crippen LogP contribution in [-0.2, 0) is 10.0 Å². The van der Waals surface area contributed by atoms with Gasteiger partial charge in [0, 0.05) is 24.2 Å². The Kier molecular flexibility index (Phi) is 6.48. The van der Waals surface area contributed by atoms with Crippen molar-refractivity contribution in [3.8, 4) is 0 Å². The van der Waals surface area contributed by atoms with Crippen LogP contribution in [0.4, 0.5) is 4.79 Å². The molecule has 1 aromatic carbocycles. The Hall–Kier alpha value is -1.31. The molecule has 0 aliphatic carbocycles. The van der Waals surface area contributed by atoms with Crippen LogP contribution in [-0.4, -0.2) is 44.7 Å². The van der Waals surface area contributed by atoms with E-state index in [0.29, 0.717) is 18.1 Å². The average molecular weight is 374 g/mol. The lowest BCUT2D eigenvalue weighted by Crippen LogP contribution is -2.52. The average Bonchev–Trinajstić information content (AvgIpc) is 2.51. The second kappa shape index (κ2) is 8.18. The zero-order valence-electron chi connectivity index (χ0n) is 14.0. The van der Waals surface area contributed by atoms with Crippen molar-refractivity contribution >= 4 is 27.7 Å². The molecule has 1 aliphatic heterocycles. The molecule has 2 amide bonds. The minimum Gasteiger partial charge on any atom is -0.331 e. The van der Waals surface area contributed by atoms with Gasteiger partial charge in [-0.05, 0) is 37.0 Å². The smallest absolute Gasteiger partial charge is 0.317 e. The molecule has 1 saturated heterocycles. The second-order valence-electron chi connectivity index (χ2n) is 6.14. The summed E-state index contributed by atoms with van der Waals surface area (Å²) in [5.41, 5.74) is 0.959. The quantitative estimate of drug-likeness (QED) is 0.832. The van der Waals surface area contributed by atoms with Crippen molar-refractivity contribution in [2.45, 2.75) is 38.3 Å². The molecule has 24 heavy (non-hydrogen) atoms. The number of piperidine rings is 1. The van der Waals surface area contributed by atoms with Gasteiger partial charge in [0.15, 0.2) is 0 Å². The summed E-state index contributed by atoms with van der Waals surface area (Å²) in [4.78, 5) is 14.2. The number of rotatable bonds is 5. The number of urea groups is 1. The molecule has 1 heterocycles. The van der Waals surface area contributed by atoms with E-state index < -0.39 is 10.0 Å². The Morgan fingerprint density at radius 3 is 2.83 bits per heavy atom. The van der Waals surface area contributed by atoms with Gasteiger partial charge in [-0.2, -0.15) is 0 Å². The maximum absolute atomic E-state index is 12.5. The van der Waals surface area contributed by atoms with E-state index in [2.05, 4.69) is 10.0 Å². The van der Waals surface area contributed by atoms with Gasteiger partial charge < -0.3 is 10.2 Å². The molecule has 0 bridgehead atoms. The van der Waals surface area contributed by atoms with Crippen molar-refractivity contribution in [1.29, 1.82) is 0 Å². The Balaban J connectivity index is 1.99. The van der Waals surface area contributed by atoms with Crippen LogP contribution in [0.15, 0.2) is 24.3 Å². The van der Waals surface area contributed by atoms with Gasteiger partial charge >= 0.3 is 6.03 Å². The van der Waals surface area contributed by atoms with Crippen molar-refractivity contribution in [3.05, 3.63) is 34.9 Å².